The van der Waals surface area contributed by atoms with E-state index >= 15 is 0 Å². The average molecular weight is 660 g/mol. The number of hydrogen-bond acceptors (Lipinski definition) is 6. The van der Waals surface area contributed by atoms with Gasteiger partial charge in [0, 0.05) is 47.0 Å². The molecule has 0 saturated carbocycles. The average Bonchev–Trinajstić information content (AvgIpc) is 2.88. The number of carboxylic acid groups (broad SMARTS) is 2. The zero-order valence-electron chi connectivity index (χ0n) is 21.7. The summed E-state index contributed by atoms with van der Waals surface area (Å²) in [5.41, 5.74) is 0. The molecule has 0 bridgehead atoms. The molecule has 2 amide bonds. The van der Waals surface area contributed by atoms with Crippen LogP contribution in [0.2, 0.25) is 0 Å². The van der Waals surface area contributed by atoms with Gasteiger partial charge in [0.25, 0.3) is 0 Å². The van der Waals surface area contributed by atoms with Crippen LogP contribution < -0.4 is 10.6 Å². The number of aliphatic carboxylic acids is 2. The van der Waals surface area contributed by atoms with Gasteiger partial charge in [0.05, 0.1) is 0 Å². The van der Waals surface area contributed by atoms with Crippen molar-refractivity contribution in [2.75, 3.05) is 10.6 Å². The number of anilines is 2. The van der Waals surface area contributed by atoms with Gasteiger partial charge in [0.15, 0.2) is 0 Å². The lowest BCUT2D eigenvalue weighted by Gasteiger charge is -2.00. The number of amides is 2. The van der Waals surface area contributed by atoms with Crippen LogP contribution in [0.3, 0.4) is 0 Å². The van der Waals surface area contributed by atoms with Crippen LogP contribution in [0.5, 0.6) is 0 Å². The van der Waals surface area contributed by atoms with Crippen LogP contribution in [0.15, 0.2) is 45.6 Å². The van der Waals surface area contributed by atoms with Gasteiger partial charge in [0.1, 0.15) is 11.6 Å². The smallest absolute Gasteiger partial charge is 0.303 e. The lowest BCUT2D eigenvalue weighted by Crippen LogP contribution is -2.10. The number of aromatic nitrogens is 2. The molecule has 0 fully saturated rings. The molecule has 0 radical (unpaired) electrons. The molecule has 0 aliphatic heterocycles. The third kappa shape index (κ3) is 21.2. The summed E-state index contributed by atoms with van der Waals surface area (Å²) in [6, 6.07) is 7.16. The summed E-state index contributed by atoms with van der Waals surface area (Å²) in [6.45, 7) is 3.60. The fourth-order valence-electron chi connectivity index (χ4n) is 2.62. The zero-order chi connectivity index (χ0) is 28.8. The highest BCUT2D eigenvalue weighted by Crippen LogP contribution is 2.11. The monoisotopic (exact) mass is 658 g/mol. The maximum atomic E-state index is 10.9. The largest absolute Gasteiger partial charge is 0.481 e. The van der Waals surface area contributed by atoms with Gasteiger partial charge in [-0.2, -0.15) is 0 Å². The molecule has 0 saturated heterocycles. The molecule has 2 rings (SSSR count). The summed E-state index contributed by atoms with van der Waals surface area (Å²) in [4.78, 5) is 50.1. The van der Waals surface area contributed by atoms with Crippen LogP contribution in [0.4, 0.5) is 11.6 Å². The van der Waals surface area contributed by atoms with Crippen LogP contribution in [0, 0.1) is 0 Å². The fourth-order valence-corrected chi connectivity index (χ4v) is 3.09. The predicted octanol–water partition coefficient (Wildman–Crippen LogP) is 6.66. The van der Waals surface area contributed by atoms with Crippen molar-refractivity contribution in [2.24, 2.45) is 0 Å². The second kappa shape index (κ2) is 22.2. The van der Waals surface area contributed by atoms with E-state index in [0.29, 0.717) is 24.5 Å². The number of unbranched alkanes of at least 4 members (excludes halogenated alkanes) is 5. The van der Waals surface area contributed by atoms with E-state index in [0.717, 1.165) is 47.5 Å². The van der Waals surface area contributed by atoms with Gasteiger partial charge in [0.2, 0.25) is 11.8 Å². The van der Waals surface area contributed by atoms with Gasteiger partial charge >= 0.3 is 11.9 Å². The molecule has 0 aromatic carbocycles. The highest BCUT2D eigenvalue weighted by molar-refractivity contribution is 9.10. The molecule has 12 heteroatoms. The minimum atomic E-state index is -0.740. The third-order valence-corrected chi connectivity index (χ3v) is 5.60. The van der Waals surface area contributed by atoms with Gasteiger partial charge in [-0.25, -0.2) is 9.97 Å². The summed E-state index contributed by atoms with van der Waals surface area (Å²) in [5, 5.41) is 22.0. The van der Waals surface area contributed by atoms with Crippen LogP contribution in [0.25, 0.3) is 0 Å². The minimum Gasteiger partial charge on any atom is -0.481 e. The Morgan fingerprint density at radius 1 is 0.658 bits per heavy atom. The van der Waals surface area contributed by atoms with Crippen molar-refractivity contribution in [3.63, 3.8) is 0 Å². The Bertz CT molecular complexity index is 893. The molecular formula is C26H36Br2N4O6. The predicted molar refractivity (Wildman–Crippen MR) is 154 cm³/mol. The highest BCUT2D eigenvalue weighted by Gasteiger charge is 2.00. The molecule has 0 unspecified atom stereocenters. The Morgan fingerprint density at radius 2 is 1.00 bits per heavy atom. The van der Waals surface area contributed by atoms with Gasteiger partial charge in [-0.15, -0.1) is 0 Å². The number of nitrogens with zero attached hydrogens (tertiary/aromatic N) is 2. The first-order valence-electron chi connectivity index (χ1n) is 12.3. The van der Waals surface area contributed by atoms with Gasteiger partial charge in [-0.3, -0.25) is 19.2 Å². The van der Waals surface area contributed by atoms with Crippen molar-refractivity contribution in [2.45, 2.75) is 78.1 Å². The van der Waals surface area contributed by atoms with E-state index in [-0.39, 0.29) is 24.7 Å². The number of hydrogen-bond donors (Lipinski definition) is 4. The second-order valence-electron chi connectivity index (χ2n) is 7.94. The van der Waals surface area contributed by atoms with Gasteiger partial charge in [-0.05, 0) is 69.0 Å². The van der Waals surface area contributed by atoms with Crippen LogP contribution in [0.1, 0.15) is 78.1 Å². The molecule has 2 aromatic rings. The Hall–Kier alpha value is -2.86. The second-order valence-corrected chi connectivity index (χ2v) is 9.77. The Kier molecular flexibility index (Phi) is 20.5. The molecule has 10 nitrogen and oxygen atoms in total. The molecule has 2 heterocycles. The van der Waals surface area contributed by atoms with E-state index in [1.54, 1.807) is 38.4 Å². The maximum absolute atomic E-state index is 10.9. The number of halogens is 2. The molecule has 0 atom stereocenters. The fraction of sp³-hybridized carbons (Fsp3) is 0.462. The lowest BCUT2D eigenvalue weighted by atomic mass is 10.1. The zero-order valence-corrected chi connectivity index (χ0v) is 24.9. The summed E-state index contributed by atoms with van der Waals surface area (Å²) in [5.74, 6) is -0.350. The molecule has 0 aliphatic rings. The van der Waals surface area contributed by atoms with Crippen molar-refractivity contribution < 1.29 is 29.4 Å². The maximum Gasteiger partial charge on any atom is 0.303 e. The van der Waals surface area contributed by atoms with Crippen molar-refractivity contribution in [1.82, 2.24) is 9.97 Å². The number of carboxylic acids is 2. The number of carbonyl (C=O) groups is 4. The van der Waals surface area contributed by atoms with E-state index in [4.69, 9.17) is 10.2 Å². The summed E-state index contributed by atoms with van der Waals surface area (Å²) >= 11 is 6.51. The SMILES string of the molecule is CCC(=O)Nc1ccc(Br)cn1.CCC(=O)Nc1ccc(Br)cn1.O=C(O)CCCCCCCCC(=O)O. The quantitative estimate of drug-likeness (QED) is 0.174. The first-order chi connectivity index (χ1) is 18.1. The first kappa shape index (κ1) is 35.1. The normalized spacial score (nSPS) is 9.68. The van der Waals surface area contributed by atoms with E-state index in [9.17, 15) is 19.2 Å². The standard InChI is InChI=1S/C10H18O4.2C8H9BrN2O/c11-9(12)7-5-3-1-2-4-6-8-10(13)14;2*1-2-8(12)11-7-4-3-6(9)5-10-7/h1-8H2,(H,11,12)(H,13,14);2*3-5H,2H2,1H3,(H,10,11,12). The van der Waals surface area contributed by atoms with E-state index < -0.39 is 11.9 Å². The molecule has 4 N–H and O–H groups in total. The molecule has 0 spiro atoms. The van der Waals surface area contributed by atoms with Crippen LogP contribution in [-0.4, -0.2) is 43.9 Å². The summed E-state index contributed by atoms with van der Waals surface area (Å²) in [6.07, 6.45) is 10.1. The summed E-state index contributed by atoms with van der Waals surface area (Å²) < 4.78 is 1.80. The molecule has 0 aliphatic carbocycles. The van der Waals surface area contributed by atoms with Crippen LogP contribution >= 0.6 is 31.9 Å². The Labute approximate surface area is 240 Å². The van der Waals surface area contributed by atoms with Gasteiger partial charge in [-0.1, -0.05) is 39.5 Å². The molecule has 38 heavy (non-hydrogen) atoms. The van der Waals surface area contributed by atoms with E-state index in [2.05, 4.69) is 52.5 Å². The minimum absolute atomic E-state index is 0.0233. The van der Waals surface area contributed by atoms with E-state index in [1.165, 1.54) is 0 Å². The Balaban J connectivity index is 0.000000542. The number of carbonyl (C=O) groups excluding carboxylic acids is 2. The third-order valence-electron chi connectivity index (χ3n) is 4.66. The van der Waals surface area contributed by atoms with E-state index in [1.807, 2.05) is 12.1 Å². The van der Waals surface area contributed by atoms with Crippen molar-refractivity contribution in [3.05, 3.63) is 45.6 Å². The number of pyridine rings is 2. The molecule has 2 aromatic heterocycles. The van der Waals surface area contributed by atoms with Crippen molar-refractivity contribution in [3.8, 4) is 0 Å². The lowest BCUT2D eigenvalue weighted by molar-refractivity contribution is -0.138. The van der Waals surface area contributed by atoms with Gasteiger partial charge < -0.3 is 20.8 Å². The topological polar surface area (TPSA) is 159 Å². The molecular weight excluding hydrogens is 624 g/mol. The first-order valence-corrected chi connectivity index (χ1v) is 13.9. The van der Waals surface area contributed by atoms with Crippen molar-refractivity contribution >= 4 is 67.2 Å². The Morgan fingerprint density at radius 3 is 1.26 bits per heavy atom. The number of nitrogens with one attached hydrogen (secondary N) is 2. The van der Waals surface area contributed by atoms with Crippen LogP contribution in [-0.2, 0) is 19.2 Å². The number of rotatable bonds is 13. The van der Waals surface area contributed by atoms with Crippen molar-refractivity contribution in [1.29, 1.82) is 0 Å². The summed E-state index contributed by atoms with van der Waals surface area (Å²) in [7, 11) is 0. The highest BCUT2D eigenvalue weighted by atomic mass is 79.9. The molecule has 210 valence electrons.